The molecule has 0 spiro atoms. The summed E-state index contributed by atoms with van der Waals surface area (Å²) < 4.78 is 43.0. The number of aromatic nitrogens is 1. The molecule has 0 saturated heterocycles. The molecule has 12 heteroatoms. The van der Waals surface area contributed by atoms with Gasteiger partial charge in [-0.15, -0.1) is 0 Å². The van der Waals surface area contributed by atoms with E-state index in [1.165, 1.54) is 22.8 Å². The number of hydrogen-bond donors (Lipinski definition) is 3. The molecule has 178 valence electrons. The van der Waals surface area contributed by atoms with Gasteiger partial charge in [0, 0.05) is 44.1 Å². The Balaban J connectivity index is 2.15. The van der Waals surface area contributed by atoms with Crippen LogP contribution in [0.5, 0.6) is 5.75 Å². The standard InChI is InChI=1S/C21H24F2N4O5S/c1-10-9-26(3)21(31)17-19(29)18(28)15(16(27(10)17)11(2)25-33(4)32)20(30)24-8-12-5-6-13(22)7-14(12)23/h5-7,10-11,25,29H,8-9H2,1-4H3,(H,24,30). The van der Waals surface area contributed by atoms with Gasteiger partial charge in [0.15, 0.2) is 11.4 Å². The molecule has 3 N–H and O–H groups in total. The molecule has 0 radical (unpaired) electrons. The van der Waals surface area contributed by atoms with Gasteiger partial charge in [0.2, 0.25) is 5.43 Å². The van der Waals surface area contributed by atoms with Crippen molar-refractivity contribution in [3.05, 3.63) is 62.6 Å². The summed E-state index contributed by atoms with van der Waals surface area (Å²) in [6.45, 7) is 3.19. The van der Waals surface area contributed by atoms with Gasteiger partial charge in [-0.25, -0.2) is 17.7 Å². The summed E-state index contributed by atoms with van der Waals surface area (Å²) in [5, 5.41) is 13.0. The third kappa shape index (κ3) is 4.67. The highest BCUT2D eigenvalue weighted by Crippen LogP contribution is 2.31. The number of aromatic hydroxyl groups is 1. The van der Waals surface area contributed by atoms with Gasteiger partial charge in [0.05, 0.1) is 22.7 Å². The Morgan fingerprint density at radius 3 is 2.61 bits per heavy atom. The lowest BCUT2D eigenvalue weighted by Gasteiger charge is -2.36. The number of pyridine rings is 1. The van der Waals surface area contributed by atoms with Crippen LogP contribution in [0.3, 0.4) is 0 Å². The van der Waals surface area contributed by atoms with Gasteiger partial charge in [-0.05, 0) is 19.9 Å². The predicted octanol–water partition coefficient (Wildman–Crippen LogP) is 1.35. The summed E-state index contributed by atoms with van der Waals surface area (Å²) in [4.78, 5) is 40.2. The summed E-state index contributed by atoms with van der Waals surface area (Å²) in [5.41, 5.74) is -1.77. The lowest BCUT2D eigenvalue weighted by molar-refractivity contribution is 0.0710. The van der Waals surface area contributed by atoms with E-state index in [-0.39, 0.29) is 30.0 Å². The van der Waals surface area contributed by atoms with Crippen LogP contribution in [0.4, 0.5) is 8.78 Å². The Kier molecular flexibility index (Phi) is 6.98. The van der Waals surface area contributed by atoms with E-state index in [1.807, 2.05) is 0 Å². The molecule has 3 rings (SSSR count). The number of carbonyl (C=O) groups excluding carboxylic acids is 2. The van der Waals surface area contributed by atoms with Gasteiger partial charge in [-0.1, -0.05) is 6.07 Å². The number of hydrogen-bond acceptors (Lipinski definition) is 5. The molecule has 0 bridgehead atoms. The van der Waals surface area contributed by atoms with Crippen molar-refractivity contribution < 1.29 is 27.7 Å². The number of likely N-dealkylation sites (N-methyl/N-ethyl adjacent to an activating group) is 1. The van der Waals surface area contributed by atoms with Crippen LogP contribution in [0.25, 0.3) is 0 Å². The molecule has 3 unspecified atom stereocenters. The fraction of sp³-hybridized carbons (Fsp3) is 0.381. The van der Waals surface area contributed by atoms with Crippen LogP contribution in [-0.4, -0.2) is 50.4 Å². The lowest BCUT2D eigenvalue weighted by Crippen LogP contribution is -2.45. The van der Waals surface area contributed by atoms with E-state index in [0.717, 1.165) is 12.1 Å². The first-order chi connectivity index (χ1) is 15.4. The van der Waals surface area contributed by atoms with Gasteiger partial charge in [0.1, 0.15) is 17.2 Å². The molecular formula is C21H24F2N4O5S. The van der Waals surface area contributed by atoms with E-state index in [4.69, 9.17) is 0 Å². The first kappa shape index (κ1) is 24.5. The van der Waals surface area contributed by atoms with Gasteiger partial charge >= 0.3 is 0 Å². The van der Waals surface area contributed by atoms with Crippen molar-refractivity contribution in [2.45, 2.75) is 32.5 Å². The minimum Gasteiger partial charge on any atom is -0.503 e. The number of nitrogens with one attached hydrogen (secondary N) is 2. The monoisotopic (exact) mass is 482 g/mol. The highest BCUT2D eigenvalue weighted by molar-refractivity contribution is 7.82. The molecule has 0 fully saturated rings. The number of halogens is 2. The zero-order valence-corrected chi connectivity index (χ0v) is 19.3. The fourth-order valence-corrected chi connectivity index (χ4v) is 4.59. The topological polar surface area (TPSA) is 121 Å². The molecule has 9 nitrogen and oxygen atoms in total. The van der Waals surface area contributed by atoms with Crippen LogP contribution in [0, 0.1) is 11.6 Å². The molecule has 1 aromatic heterocycles. The van der Waals surface area contributed by atoms with Crippen molar-refractivity contribution in [2.24, 2.45) is 0 Å². The molecule has 2 amide bonds. The summed E-state index contributed by atoms with van der Waals surface area (Å²) in [7, 11) is -0.0158. The smallest absolute Gasteiger partial charge is 0.274 e. The third-order valence-corrected chi connectivity index (χ3v) is 6.07. The summed E-state index contributed by atoms with van der Waals surface area (Å²) in [6.07, 6.45) is 1.37. The second kappa shape index (κ2) is 9.40. The van der Waals surface area contributed by atoms with Crippen LogP contribution in [-0.2, 0) is 17.5 Å². The normalized spacial score (nSPS) is 17.5. The van der Waals surface area contributed by atoms with E-state index in [9.17, 15) is 32.5 Å². The molecule has 1 aliphatic heterocycles. The Hall–Kier alpha value is -3.12. The average Bonchev–Trinajstić information content (AvgIpc) is 2.72. The van der Waals surface area contributed by atoms with E-state index in [1.54, 1.807) is 13.8 Å². The highest BCUT2D eigenvalue weighted by atomic mass is 32.2. The SMILES string of the molecule is CC(NS(C)=O)c1c(C(=O)NCc2ccc(F)cc2F)c(=O)c(O)c2n1C(C)CN(C)C2=O. The first-order valence-electron chi connectivity index (χ1n) is 10.0. The Morgan fingerprint density at radius 1 is 1.33 bits per heavy atom. The van der Waals surface area contributed by atoms with E-state index in [2.05, 4.69) is 10.0 Å². The number of amides is 2. The second-order valence-corrected chi connectivity index (χ2v) is 9.05. The summed E-state index contributed by atoms with van der Waals surface area (Å²) in [5.74, 6) is -4.07. The van der Waals surface area contributed by atoms with Crippen molar-refractivity contribution in [1.29, 1.82) is 0 Å². The van der Waals surface area contributed by atoms with Crippen molar-refractivity contribution >= 4 is 22.8 Å². The molecule has 3 atom stereocenters. The van der Waals surface area contributed by atoms with Crippen molar-refractivity contribution in [1.82, 2.24) is 19.5 Å². The lowest BCUT2D eigenvalue weighted by atomic mass is 10.0. The van der Waals surface area contributed by atoms with Crippen LogP contribution >= 0.6 is 0 Å². The quantitative estimate of drug-likeness (QED) is 0.574. The molecule has 2 heterocycles. The Morgan fingerprint density at radius 2 is 2.00 bits per heavy atom. The van der Waals surface area contributed by atoms with Crippen LogP contribution in [0.15, 0.2) is 23.0 Å². The van der Waals surface area contributed by atoms with E-state index < -0.39 is 63.3 Å². The maximum atomic E-state index is 14.0. The zero-order chi connectivity index (χ0) is 24.6. The van der Waals surface area contributed by atoms with Crippen molar-refractivity contribution in [2.75, 3.05) is 19.8 Å². The summed E-state index contributed by atoms with van der Waals surface area (Å²) in [6, 6.07) is 1.59. The van der Waals surface area contributed by atoms with Gasteiger partial charge < -0.3 is 19.9 Å². The molecule has 2 aromatic rings. The number of benzene rings is 1. The summed E-state index contributed by atoms with van der Waals surface area (Å²) >= 11 is 0. The van der Waals surface area contributed by atoms with Crippen molar-refractivity contribution in [3.63, 3.8) is 0 Å². The average molecular weight is 483 g/mol. The third-order valence-electron chi connectivity index (χ3n) is 5.39. The fourth-order valence-electron chi connectivity index (χ4n) is 3.98. The van der Waals surface area contributed by atoms with Crippen molar-refractivity contribution in [3.8, 4) is 5.75 Å². The van der Waals surface area contributed by atoms with E-state index in [0.29, 0.717) is 6.07 Å². The number of rotatable bonds is 6. The van der Waals surface area contributed by atoms with Gasteiger partial charge in [-0.3, -0.25) is 14.4 Å². The number of fused-ring (bicyclic) bond motifs is 1. The minimum atomic E-state index is -1.54. The molecule has 1 aromatic carbocycles. The van der Waals surface area contributed by atoms with Gasteiger partial charge in [-0.2, -0.15) is 0 Å². The van der Waals surface area contributed by atoms with E-state index >= 15 is 0 Å². The van der Waals surface area contributed by atoms with Crippen LogP contribution in [0.2, 0.25) is 0 Å². The minimum absolute atomic E-state index is 0.0143. The van der Waals surface area contributed by atoms with Crippen LogP contribution < -0.4 is 15.5 Å². The maximum absolute atomic E-state index is 14.0. The molecule has 33 heavy (non-hydrogen) atoms. The predicted molar refractivity (Wildman–Crippen MR) is 117 cm³/mol. The Labute approximate surface area is 191 Å². The zero-order valence-electron chi connectivity index (χ0n) is 18.4. The molecule has 0 saturated carbocycles. The molecular weight excluding hydrogens is 458 g/mol. The first-order valence-corrected chi connectivity index (χ1v) is 11.6. The van der Waals surface area contributed by atoms with Crippen LogP contribution in [0.1, 0.15) is 58.0 Å². The maximum Gasteiger partial charge on any atom is 0.274 e. The largest absolute Gasteiger partial charge is 0.503 e. The second-order valence-electron chi connectivity index (χ2n) is 7.90. The number of nitrogens with zero attached hydrogens (tertiary/aromatic N) is 2. The number of carbonyl (C=O) groups is 2. The molecule has 1 aliphatic rings. The highest BCUT2D eigenvalue weighted by Gasteiger charge is 2.37. The Bertz CT molecular complexity index is 1220. The van der Waals surface area contributed by atoms with Gasteiger partial charge in [0.25, 0.3) is 11.8 Å². The molecule has 0 aliphatic carbocycles.